The van der Waals surface area contributed by atoms with Crippen molar-refractivity contribution in [2.45, 2.75) is 50.7 Å². The molecule has 1 saturated carbocycles. The van der Waals surface area contributed by atoms with Crippen LogP contribution in [0.3, 0.4) is 0 Å². The normalized spacial score (nSPS) is 20.7. The lowest BCUT2D eigenvalue weighted by atomic mass is 9.85. The van der Waals surface area contributed by atoms with Gasteiger partial charge in [-0.15, -0.1) is 0 Å². The molecule has 2 aliphatic rings. The van der Waals surface area contributed by atoms with E-state index in [0.717, 1.165) is 53.5 Å². The Bertz CT molecular complexity index is 1370. The summed E-state index contributed by atoms with van der Waals surface area (Å²) in [7, 11) is 0. The number of pyridine rings is 1. The van der Waals surface area contributed by atoms with Crippen molar-refractivity contribution in [1.82, 2.24) is 24.4 Å². The predicted molar refractivity (Wildman–Crippen MR) is 143 cm³/mol. The molecule has 4 aromatic rings. The van der Waals surface area contributed by atoms with Gasteiger partial charge in [0.1, 0.15) is 5.82 Å². The molecule has 3 aromatic heterocycles. The zero-order chi connectivity index (χ0) is 25.2. The maximum Gasteiger partial charge on any atom is 0.225 e. The molecule has 1 saturated heterocycles. The van der Waals surface area contributed by atoms with Crippen LogP contribution in [0.1, 0.15) is 38.5 Å². The number of amides is 1. The highest BCUT2D eigenvalue weighted by Crippen LogP contribution is 2.31. The van der Waals surface area contributed by atoms with E-state index in [1.165, 1.54) is 0 Å². The molecule has 1 aliphatic heterocycles. The summed E-state index contributed by atoms with van der Waals surface area (Å²) in [5, 5.41) is 14.4. The van der Waals surface area contributed by atoms with E-state index in [0.29, 0.717) is 31.9 Å². The van der Waals surface area contributed by atoms with E-state index in [1.807, 2.05) is 35.5 Å². The average Bonchev–Trinajstić information content (AvgIpc) is 3.39. The fourth-order valence-electron chi connectivity index (χ4n) is 5.72. The number of carbonyl (C=O) groups is 1. The van der Waals surface area contributed by atoms with Crippen molar-refractivity contribution >= 4 is 22.8 Å². The third kappa shape index (κ3) is 4.93. The molecule has 2 fully saturated rings. The minimum absolute atomic E-state index is 0.0846. The molecule has 0 spiro atoms. The highest BCUT2D eigenvalue weighted by Gasteiger charge is 2.31. The van der Waals surface area contributed by atoms with Crippen LogP contribution in [0.4, 0.5) is 5.95 Å². The van der Waals surface area contributed by atoms with Gasteiger partial charge in [0, 0.05) is 55.2 Å². The molecule has 1 amide bonds. The van der Waals surface area contributed by atoms with E-state index in [2.05, 4.69) is 50.3 Å². The summed E-state index contributed by atoms with van der Waals surface area (Å²) >= 11 is 0. The molecule has 0 unspecified atom stereocenters. The lowest BCUT2D eigenvalue weighted by Gasteiger charge is -2.35. The molecule has 8 heteroatoms. The molecule has 0 bridgehead atoms. The van der Waals surface area contributed by atoms with Crippen LogP contribution in [-0.2, 0) is 4.79 Å². The molecular formula is C29H32N6O2. The first-order valence-electron chi connectivity index (χ1n) is 13.2. The number of nitrogens with one attached hydrogen (secondary N) is 1. The highest BCUT2D eigenvalue weighted by molar-refractivity contribution is 5.96. The van der Waals surface area contributed by atoms with E-state index >= 15 is 0 Å². The Balaban J connectivity index is 1.13. The Morgan fingerprint density at radius 3 is 2.49 bits per heavy atom. The number of hydrogen-bond donors (Lipinski definition) is 2. The number of fused-ring (bicyclic) bond motifs is 1. The Hall–Kier alpha value is -3.78. The van der Waals surface area contributed by atoms with E-state index in [4.69, 9.17) is 4.98 Å². The third-order valence-corrected chi connectivity index (χ3v) is 7.80. The molecule has 190 valence electrons. The number of benzene rings is 1. The molecule has 4 heterocycles. The Morgan fingerprint density at radius 1 is 0.919 bits per heavy atom. The number of rotatable bonds is 5. The Labute approximate surface area is 216 Å². The minimum atomic E-state index is -0.257. The van der Waals surface area contributed by atoms with Gasteiger partial charge in [0.2, 0.25) is 11.9 Å². The predicted octanol–water partition coefficient (Wildman–Crippen LogP) is 4.44. The first-order chi connectivity index (χ1) is 18.2. The van der Waals surface area contributed by atoms with Crippen molar-refractivity contribution in [3.05, 3.63) is 67.3 Å². The van der Waals surface area contributed by atoms with E-state index in [1.54, 1.807) is 6.20 Å². The van der Waals surface area contributed by atoms with Crippen molar-refractivity contribution < 1.29 is 9.90 Å². The van der Waals surface area contributed by atoms with Crippen LogP contribution in [0.15, 0.2) is 67.3 Å². The molecular weight excluding hydrogens is 464 g/mol. The van der Waals surface area contributed by atoms with Crippen LogP contribution in [0.25, 0.3) is 27.8 Å². The number of nitrogens with zero attached hydrogens (tertiary/aromatic N) is 5. The lowest BCUT2D eigenvalue weighted by molar-refractivity contribution is -0.138. The lowest BCUT2D eigenvalue weighted by Crippen LogP contribution is -2.44. The van der Waals surface area contributed by atoms with Crippen molar-refractivity contribution in [2.75, 3.05) is 18.4 Å². The molecule has 0 atom stereocenters. The standard InChI is InChI=1S/C29H32N6O2/c36-23-11-17-34(18-12-23)28(37)21-4-6-22(7-5-21)32-29-31-16-10-27(33-29)35-19-13-25-24(2-1-3-26(25)35)20-8-14-30-15-9-20/h1-3,8-10,13-16,19,21-23,36H,4-7,11-12,17-18H2,(H,31,32,33). The van der Waals surface area contributed by atoms with Crippen molar-refractivity contribution in [3.63, 3.8) is 0 Å². The van der Waals surface area contributed by atoms with Gasteiger partial charge in [-0.2, -0.15) is 4.98 Å². The summed E-state index contributed by atoms with van der Waals surface area (Å²) in [5.74, 6) is 1.77. The number of aromatic nitrogens is 4. The quantitative estimate of drug-likeness (QED) is 0.424. The number of anilines is 1. The smallest absolute Gasteiger partial charge is 0.225 e. The summed E-state index contributed by atoms with van der Waals surface area (Å²) in [6.07, 6.45) is 12.2. The Morgan fingerprint density at radius 2 is 1.70 bits per heavy atom. The zero-order valence-corrected chi connectivity index (χ0v) is 20.8. The summed E-state index contributed by atoms with van der Waals surface area (Å²) < 4.78 is 2.10. The third-order valence-electron chi connectivity index (χ3n) is 7.80. The fraction of sp³-hybridized carbons (Fsp3) is 0.379. The second kappa shape index (κ2) is 10.3. The van der Waals surface area contributed by atoms with Crippen molar-refractivity contribution in [2.24, 2.45) is 5.92 Å². The molecule has 1 aromatic carbocycles. The molecule has 37 heavy (non-hydrogen) atoms. The van der Waals surface area contributed by atoms with Crippen LogP contribution in [0.5, 0.6) is 0 Å². The molecule has 2 N–H and O–H groups in total. The number of piperidine rings is 1. The second-order valence-electron chi connectivity index (χ2n) is 10.1. The van der Waals surface area contributed by atoms with E-state index < -0.39 is 0 Å². The van der Waals surface area contributed by atoms with Gasteiger partial charge < -0.3 is 19.9 Å². The maximum absolute atomic E-state index is 12.9. The number of carbonyl (C=O) groups excluding carboxylic acids is 1. The van der Waals surface area contributed by atoms with E-state index in [-0.39, 0.29) is 24.0 Å². The molecule has 6 rings (SSSR count). The largest absolute Gasteiger partial charge is 0.393 e. The van der Waals surface area contributed by atoms with Gasteiger partial charge in [-0.1, -0.05) is 12.1 Å². The zero-order valence-electron chi connectivity index (χ0n) is 20.8. The summed E-state index contributed by atoms with van der Waals surface area (Å²) in [5.41, 5.74) is 3.39. The monoisotopic (exact) mass is 496 g/mol. The molecule has 0 radical (unpaired) electrons. The van der Waals surface area contributed by atoms with Gasteiger partial charge >= 0.3 is 0 Å². The van der Waals surface area contributed by atoms with Crippen molar-refractivity contribution in [3.8, 4) is 16.9 Å². The SMILES string of the molecule is O=C(C1CCC(Nc2nccc(-n3ccc4c(-c5ccncc5)cccc43)n2)CC1)N1CCC(O)CC1. The minimum Gasteiger partial charge on any atom is -0.393 e. The number of hydrogen-bond acceptors (Lipinski definition) is 6. The first-order valence-corrected chi connectivity index (χ1v) is 13.2. The highest BCUT2D eigenvalue weighted by atomic mass is 16.3. The summed E-state index contributed by atoms with van der Waals surface area (Å²) in [6.45, 7) is 1.36. The summed E-state index contributed by atoms with van der Waals surface area (Å²) in [6, 6.07) is 14.7. The van der Waals surface area contributed by atoms with Gasteiger partial charge in [0.05, 0.1) is 11.6 Å². The number of aliphatic hydroxyl groups is 1. The number of aliphatic hydroxyl groups excluding tert-OH is 1. The van der Waals surface area contributed by atoms with Gasteiger partial charge in [0.25, 0.3) is 0 Å². The Kier molecular flexibility index (Phi) is 6.57. The van der Waals surface area contributed by atoms with Gasteiger partial charge in [-0.25, -0.2) is 4.98 Å². The van der Waals surface area contributed by atoms with Gasteiger partial charge in [-0.3, -0.25) is 9.78 Å². The van der Waals surface area contributed by atoms with Crippen LogP contribution in [-0.4, -0.2) is 60.7 Å². The molecule has 1 aliphatic carbocycles. The summed E-state index contributed by atoms with van der Waals surface area (Å²) in [4.78, 5) is 28.3. The van der Waals surface area contributed by atoms with Gasteiger partial charge in [-0.05, 0) is 80.0 Å². The van der Waals surface area contributed by atoms with Crippen molar-refractivity contribution in [1.29, 1.82) is 0 Å². The van der Waals surface area contributed by atoms with Crippen LogP contribution < -0.4 is 5.32 Å². The van der Waals surface area contributed by atoms with Gasteiger partial charge in [0.15, 0.2) is 0 Å². The fourth-order valence-corrected chi connectivity index (χ4v) is 5.72. The van der Waals surface area contributed by atoms with Crippen LogP contribution >= 0.6 is 0 Å². The maximum atomic E-state index is 12.9. The van der Waals surface area contributed by atoms with Crippen LogP contribution in [0, 0.1) is 5.92 Å². The topological polar surface area (TPSA) is 96.2 Å². The van der Waals surface area contributed by atoms with E-state index in [9.17, 15) is 9.90 Å². The van der Waals surface area contributed by atoms with Crippen LogP contribution in [0.2, 0.25) is 0 Å². The average molecular weight is 497 g/mol. The second-order valence-corrected chi connectivity index (χ2v) is 10.1. The number of likely N-dealkylation sites (tertiary alicyclic amines) is 1. The first kappa shape index (κ1) is 23.6. The molecule has 8 nitrogen and oxygen atoms in total.